The summed E-state index contributed by atoms with van der Waals surface area (Å²) >= 11 is 0. The molecule has 0 aliphatic carbocycles. The maximum absolute atomic E-state index is 5.43. The number of hydrogen-bond acceptors (Lipinski definition) is 3. The summed E-state index contributed by atoms with van der Waals surface area (Å²) in [6, 6.07) is 1.95. The Kier molecular flexibility index (Phi) is 2.62. The average molecular weight is 185 g/mol. The Balaban J connectivity index is 0.000000720. The van der Waals surface area contributed by atoms with Crippen molar-refractivity contribution in [3.8, 4) is 0 Å². The molecule has 0 atom stereocenters. The van der Waals surface area contributed by atoms with E-state index >= 15 is 0 Å². The highest BCUT2D eigenvalue weighted by Crippen LogP contribution is 2.09. The smallest absolute Gasteiger partial charge is 0.140 e. The molecule has 0 radical (unpaired) electrons. The van der Waals surface area contributed by atoms with Gasteiger partial charge < -0.3 is 10.7 Å². The minimum absolute atomic E-state index is 0. The van der Waals surface area contributed by atoms with Crippen LogP contribution in [-0.2, 0) is 6.54 Å². The van der Waals surface area contributed by atoms with Gasteiger partial charge in [0.25, 0.3) is 0 Å². The molecule has 3 N–H and O–H groups in total. The Bertz CT molecular complexity index is 337. The van der Waals surface area contributed by atoms with E-state index < -0.39 is 0 Å². The number of nitrogens with zero attached hydrogens (tertiary/aromatic N) is 2. The summed E-state index contributed by atoms with van der Waals surface area (Å²) in [6.07, 6.45) is 3.27. The Morgan fingerprint density at radius 3 is 3.00 bits per heavy atom. The van der Waals surface area contributed by atoms with Crippen LogP contribution in [0.2, 0.25) is 0 Å². The molecule has 0 saturated carbocycles. The maximum atomic E-state index is 5.43. The van der Waals surface area contributed by atoms with Crippen LogP contribution in [0.3, 0.4) is 0 Å². The number of aromatic amines is 1. The van der Waals surface area contributed by atoms with E-state index in [-0.39, 0.29) is 12.4 Å². The van der Waals surface area contributed by atoms with Crippen molar-refractivity contribution in [2.45, 2.75) is 6.54 Å². The molecule has 2 heterocycles. The van der Waals surface area contributed by atoms with Gasteiger partial charge in [0.1, 0.15) is 12.0 Å². The highest BCUT2D eigenvalue weighted by atomic mass is 35.5. The molecule has 0 unspecified atom stereocenters. The van der Waals surface area contributed by atoms with E-state index in [0.717, 1.165) is 16.7 Å². The van der Waals surface area contributed by atoms with Crippen LogP contribution < -0.4 is 5.73 Å². The number of hydrogen-bond donors (Lipinski definition) is 2. The molecule has 0 aliphatic rings. The molecule has 64 valence electrons. The van der Waals surface area contributed by atoms with Crippen molar-refractivity contribution in [1.29, 1.82) is 0 Å². The summed E-state index contributed by atoms with van der Waals surface area (Å²) in [5.41, 5.74) is 7.27. The number of halogens is 1. The van der Waals surface area contributed by atoms with Gasteiger partial charge in [-0.05, 0) is 6.07 Å². The molecule has 0 aliphatic heterocycles. The second-order valence-electron chi connectivity index (χ2n) is 2.33. The van der Waals surface area contributed by atoms with Crippen molar-refractivity contribution in [3.05, 3.63) is 24.3 Å². The van der Waals surface area contributed by atoms with Crippen molar-refractivity contribution >= 4 is 23.4 Å². The van der Waals surface area contributed by atoms with Gasteiger partial charge in [0.05, 0.1) is 0 Å². The summed E-state index contributed by atoms with van der Waals surface area (Å²) in [6.45, 7) is 0.510. The number of rotatable bonds is 1. The van der Waals surface area contributed by atoms with Gasteiger partial charge in [-0.2, -0.15) is 0 Å². The lowest BCUT2D eigenvalue weighted by molar-refractivity contribution is 1.01. The van der Waals surface area contributed by atoms with Crippen LogP contribution in [-0.4, -0.2) is 15.0 Å². The van der Waals surface area contributed by atoms with Crippen LogP contribution in [0.1, 0.15) is 5.69 Å². The first-order chi connectivity index (χ1) is 5.40. The van der Waals surface area contributed by atoms with Gasteiger partial charge in [0, 0.05) is 23.8 Å². The molecule has 2 aromatic heterocycles. The zero-order chi connectivity index (χ0) is 7.68. The third-order valence-electron chi connectivity index (χ3n) is 1.57. The van der Waals surface area contributed by atoms with Crippen LogP contribution in [0.5, 0.6) is 0 Å². The first-order valence-corrected chi connectivity index (χ1v) is 3.38. The van der Waals surface area contributed by atoms with Gasteiger partial charge in [-0.3, -0.25) is 0 Å². The molecule has 4 nitrogen and oxygen atoms in total. The van der Waals surface area contributed by atoms with Gasteiger partial charge in [0.2, 0.25) is 0 Å². The lowest BCUT2D eigenvalue weighted by atomic mass is 10.4. The van der Waals surface area contributed by atoms with Crippen molar-refractivity contribution in [1.82, 2.24) is 15.0 Å². The number of nitrogens with one attached hydrogen (secondary N) is 1. The fourth-order valence-electron chi connectivity index (χ4n) is 1.04. The van der Waals surface area contributed by atoms with Crippen LogP contribution in [0.4, 0.5) is 0 Å². The predicted octanol–water partition coefficient (Wildman–Crippen LogP) is 0.838. The third-order valence-corrected chi connectivity index (χ3v) is 1.57. The summed E-state index contributed by atoms with van der Waals surface area (Å²) < 4.78 is 0. The van der Waals surface area contributed by atoms with Crippen LogP contribution in [0.25, 0.3) is 11.0 Å². The average Bonchev–Trinajstić information content (AvgIpc) is 2.46. The van der Waals surface area contributed by atoms with E-state index in [1.54, 1.807) is 6.20 Å². The Hall–Kier alpha value is -1.13. The first kappa shape index (κ1) is 8.96. The zero-order valence-corrected chi connectivity index (χ0v) is 7.14. The summed E-state index contributed by atoms with van der Waals surface area (Å²) in [5, 5.41) is 1.01. The molecule has 0 aromatic carbocycles. The van der Waals surface area contributed by atoms with Gasteiger partial charge in [-0.1, -0.05) is 0 Å². The Morgan fingerprint density at radius 2 is 2.33 bits per heavy atom. The van der Waals surface area contributed by atoms with Crippen molar-refractivity contribution < 1.29 is 0 Å². The molecule has 0 fully saturated rings. The van der Waals surface area contributed by atoms with Crippen LogP contribution in [0, 0.1) is 0 Å². The molecule has 0 saturated heterocycles. The normalized spacial score (nSPS) is 9.75. The van der Waals surface area contributed by atoms with Gasteiger partial charge in [-0.15, -0.1) is 12.4 Å². The monoisotopic (exact) mass is 184 g/mol. The predicted molar refractivity (Wildman–Crippen MR) is 49.0 cm³/mol. The van der Waals surface area contributed by atoms with Gasteiger partial charge in [0.15, 0.2) is 0 Å². The summed E-state index contributed by atoms with van der Waals surface area (Å²) in [4.78, 5) is 11.0. The third kappa shape index (κ3) is 1.39. The maximum Gasteiger partial charge on any atom is 0.140 e. The van der Waals surface area contributed by atoms with Crippen LogP contribution >= 0.6 is 12.4 Å². The zero-order valence-electron chi connectivity index (χ0n) is 6.32. The number of aromatic nitrogens is 3. The van der Waals surface area contributed by atoms with E-state index in [2.05, 4.69) is 15.0 Å². The number of nitrogens with two attached hydrogens (primary N) is 1. The van der Waals surface area contributed by atoms with E-state index in [1.165, 1.54) is 6.33 Å². The van der Waals surface area contributed by atoms with Gasteiger partial charge >= 0.3 is 0 Å². The molecular weight excluding hydrogens is 176 g/mol. The molecule has 0 amide bonds. The molecule has 2 rings (SSSR count). The molecule has 5 heteroatoms. The highest BCUT2D eigenvalue weighted by Gasteiger charge is 1.97. The van der Waals surface area contributed by atoms with E-state index in [0.29, 0.717) is 6.54 Å². The molecule has 12 heavy (non-hydrogen) atoms. The molecule has 2 aromatic rings. The topological polar surface area (TPSA) is 67.6 Å². The lowest BCUT2D eigenvalue weighted by Gasteiger charge is -1.84. The number of fused-ring (bicyclic) bond motifs is 1. The van der Waals surface area contributed by atoms with E-state index in [4.69, 9.17) is 5.73 Å². The molecule has 0 bridgehead atoms. The number of H-pyrrole nitrogens is 1. The second kappa shape index (κ2) is 3.51. The fourth-order valence-corrected chi connectivity index (χ4v) is 1.04. The molecule has 0 spiro atoms. The van der Waals surface area contributed by atoms with Gasteiger partial charge in [-0.25, -0.2) is 9.97 Å². The Labute approximate surface area is 75.6 Å². The second-order valence-corrected chi connectivity index (χ2v) is 2.33. The standard InChI is InChI=1S/C7H8N4.ClH/c8-2-6-1-5-3-9-4-10-7(5)11-6;/h1,3-4H,2,8H2,(H,9,10,11);1H. The van der Waals surface area contributed by atoms with E-state index in [9.17, 15) is 0 Å². The fraction of sp³-hybridized carbons (Fsp3) is 0.143. The van der Waals surface area contributed by atoms with Crippen molar-refractivity contribution in [2.24, 2.45) is 5.73 Å². The minimum atomic E-state index is 0. The quantitative estimate of drug-likeness (QED) is 0.690. The molecular formula is C7H9ClN4. The summed E-state index contributed by atoms with van der Waals surface area (Å²) in [7, 11) is 0. The first-order valence-electron chi connectivity index (χ1n) is 3.38. The largest absolute Gasteiger partial charge is 0.342 e. The van der Waals surface area contributed by atoms with Crippen LogP contribution in [0.15, 0.2) is 18.6 Å². The van der Waals surface area contributed by atoms with Crippen molar-refractivity contribution in [2.75, 3.05) is 0 Å². The highest BCUT2D eigenvalue weighted by molar-refractivity contribution is 5.85. The summed E-state index contributed by atoms with van der Waals surface area (Å²) in [5.74, 6) is 0. The lowest BCUT2D eigenvalue weighted by Crippen LogP contribution is -1.95. The minimum Gasteiger partial charge on any atom is -0.342 e. The SMILES string of the molecule is Cl.NCc1cc2cncnc2[nH]1. The van der Waals surface area contributed by atoms with E-state index in [1.807, 2.05) is 6.07 Å². The van der Waals surface area contributed by atoms with Crippen molar-refractivity contribution in [3.63, 3.8) is 0 Å². The Morgan fingerprint density at radius 1 is 1.50 bits per heavy atom.